The van der Waals surface area contributed by atoms with Gasteiger partial charge in [-0.05, 0) is 41.0 Å². The third kappa shape index (κ3) is 5.81. The Bertz CT molecular complexity index is 1670. The molecule has 0 fully saturated rings. The lowest BCUT2D eigenvalue weighted by molar-refractivity contribution is 0.442. The molecule has 2 atom stereocenters. The van der Waals surface area contributed by atoms with Gasteiger partial charge in [-0.25, -0.2) is 26.7 Å². The molecule has 3 aromatic carbocycles. The molecule has 5 rings (SSSR count). The lowest BCUT2D eigenvalue weighted by atomic mass is 10.1. The molecule has 2 unspecified atom stereocenters. The van der Waals surface area contributed by atoms with Crippen LogP contribution in [0.25, 0.3) is 21.3 Å². The number of benzene rings is 3. The van der Waals surface area contributed by atoms with Crippen LogP contribution in [0.15, 0.2) is 77.2 Å². The largest absolute Gasteiger partial charge is 0.422 e. The van der Waals surface area contributed by atoms with Crippen LogP contribution in [0.4, 0.5) is 4.39 Å². The molecular formula is C24H19FN4O5S3. The maximum absolute atomic E-state index is 13.7. The summed E-state index contributed by atoms with van der Waals surface area (Å²) in [4.78, 5) is 4.58. The first-order chi connectivity index (χ1) is 17.8. The summed E-state index contributed by atoms with van der Waals surface area (Å²) in [7, 11) is -3.93. The van der Waals surface area contributed by atoms with E-state index in [0.29, 0.717) is 11.1 Å². The summed E-state index contributed by atoms with van der Waals surface area (Å²) in [5.41, 5.74) is 2.81. The molecule has 0 aliphatic carbocycles. The average molecular weight is 559 g/mol. The predicted molar refractivity (Wildman–Crippen MR) is 138 cm³/mol. The van der Waals surface area contributed by atoms with Gasteiger partial charge in [-0.1, -0.05) is 48.5 Å². The van der Waals surface area contributed by atoms with Crippen molar-refractivity contribution in [2.45, 2.75) is 17.5 Å². The lowest BCUT2D eigenvalue weighted by Crippen LogP contribution is -2.17. The predicted octanol–water partition coefficient (Wildman–Crippen LogP) is 4.42. The van der Waals surface area contributed by atoms with E-state index >= 15 is 0 Å². The Labute approximate surface area is 217 Å². The number of nitrogens with zero attached hydrogens (tertiary/aromatic N) is 3. The van der Waals surface area contributed by atoms with Gasteiger partial charge in [-0.2, -0.15) is 0 Å². The highest BCUT2D eigenvalue weighted by Gasteiger charge is 2.37. The van der Waals surface area contributed by atoms with Gasteiger partial charge >= 0.3 is 0 Å². The average Bonchev–Trinajstić information content (AvgIpc) is 3.50. The van der Waals surface area contributed by atoms with Crippen LogP contribution in [0, 0.1) is 5.82 Å². The number of hydrogen-bond donors (Lipinski definition) is 2. The van der Waals surface area contributed by atoms with Crippen molar-refractivity contribution in [1.82, 2.24) is 19.9 Å². The van der Waals surface area contributed by atoms with E-state index < -0.39 is 26.4 Å². The van der Waals surface area contributed by atoms with Gasteiger partial charge in [-0.3, -0.25) is 4.55 Å². The Morgan fingerprint density at radius 3 is 2.49 bits per heavy atom. The van der Waals surface area contributed by atoms with E-state index in [-0.39, 0.29) is 34.9 Å². The summed E-state index contributed by atoms with van der Waals surface area (Å²) >= 11 is -1.12. The van der Waals surface area contributed by atoms with Crippen LogP contribution in [-0.4, -0.2) is 32.4 Å². The third-order valence-electron chi connectivity index (χ3n) is 5.43. The SMILES string of the molecule is O=S(O)NCc1nnc(C(c2nc3ccc(-c4ccc(F)cc4)cc3s2)S(=O)(=O)Cc2ccccc2)o1. The zero-order valence-electron chi connectivity index (χ0n) is 18.9. The minimum atomic E-state index is -3.93. The highest BCUT2D eigenvalue weighted by Crippen LogP contribution is 2.38. The van der Waals surface area contributed by atoms with Gasteiger partial charge < -0.3 is 4.42 Å². The Hall–Kier alpha value is -3.36. The number of thiazole rings is 1. The highest BCUT2D eigenvalue weighted by molar-refractivity contribution is 7.91. The van der Waals surface area contributed by atoms with Gasteiger partial charge in [0.25, 0.3) is 0 Å². The maximum atomic E-state index is 13.7. The maximum Gasteiger partial charge on any atom is 0.241 e. The molecule has 0 saturated carbocycles. The number of sulfone groups is 1. The number of rotatable bonds is 9. The molecule has 0 amide bonds. The van der Waals surface area contributed by atoms with E-state index in [2.05, 4.69) is 19.9 Å². The second-order valence-electron chi connectivity index (χ2n) is 8.02. The molecule has 9 nitrogen and oxygen atoms in total. The molecule has 0 aliphatic rings. The summed E-state index contributed by atoms with van der Waals surface area (Å²) in [6.45, 7) is -0.220. The number of nitrogens with one attached hydrogen (secondary N) is 1. The number of halogens is 1. The monoisotopic (exact) mass is 558 g/mol. The number of fused-ring (bicyclic) bond motifs is 1. The third-order valence-corrected chi connectivity index (χ3v) is 8.93. The first-order valence-electron chi connectivity index (χ1n) is 10.9. The Morgan fingerprint density at radius 2 is 1.76 bits per heavy atom. The van der Waals surface area contributed by atoms with E-state index in [4.69, 9.17) is 8.97 Å². The van der Waals surface area contributed by atoms with Gasteiger partial charge in [-0.15, -0.1) is 21.5 Å². The van der Waals surface area contributed by atoms with Crippen molar-refractivity contribution in [2.75, 3.05) is 0 Å². The standard InChI is InChI=1S/C24H19FN4O5S3/c25-18-9-6-16(7-10-18)17-8-11-19-20(12-17)35-24(27-19)22(23-29-28-21(34-23)13-26-36(30)31)37(32,33)14-15-4-2-1-3-5-15/h1-12,22,26H,13-14H2,(H,30,31). The first-order valence-corrected chi connectivity index (χ1v) is 14.5. The van der Waals surface area contributed by atoms with E-state index in [1.807, 2.05) is 12.1 Å². The lowest BCUT2D eigenvalue weighted by Gasteiger charge is -2.12. The summed E-state index contributed by atoms with van der Waals surface area (Å²) in [5, 5.41) is 6.66. The first kappa shape index (κ1) is 25.3. The summed E-state index contributed by atoms with van der Waals surface area (Å²) in [5.74, 6) is -0.853. The topological polar surface area (TPSA) is 135 Å². The molecule has 37 heavy (non-hydrogen) atoms. The second kappa shape index (κ2) is 10.6. The van der Waals surface area contributed by atoms with E-state index in [9.17, 15) is 17.0 Å². The van der Waals surface area contributed by atoms with Crippen molar-refractivity contribution in [2.24, 2.45) is 0 Å². The molecule has 2 aromatic heterocycles. The van der Waals surface area contributed by atoms with E-state index in [1.165, 1.54) is 23.5 Å². The highest BCUT2D eigenvalue weighted by atomic mass is 32.2. The van der Waals surface area contributed by atoms with E-state index in [1.54, 1.807) is 48.5 Å². The molecule has 5 aromatic rings. The zero-order chi connectivity index (χ0) is 26.0. The molecule has 0 radical (unpaired) electrons. The van der Waals surface area contributed by atoms with Gasteiger partial charge in [0.05, 0.1) is 22.5 Å². The van der Waals surface area contributed by atoms with Crippen LogP contribution in [0.1, 0.15) is 27.6 Å². The number of aromatic nitrogens is 3. The summed E-state index contributed by atoms with van der Waals surface area (Å²) in [6, 6.07) is 20.3. The smallest absolute Gasteiger partial charge is 0.241 e. The Morgan fingerprint density at radius 1 is 1.03 bits per heavy atom. The van der Waals surface area contributed by atoms with Crippen molar-refractivity contribution in [3.8, 4) is 11.1 Å². The van der Waals surface area contributed by atoms with Crippen molar-refractivity contribution < 1.29 is 26.0 Å². The Balaban J connectivity index is 1.56. The van der Waals surface area contributed by atoms with Gasteiger partial charge in [0.2, 0.25) is 23.0 Å². The van der Waals surface area contributed by atoms with E-state index in [0.717, 1.165) is 15.8 Å². The zero-order valence-corrected chi connectivity index (χ0v) is 21.4. The molecule has 2 heterocycles. The van der Waals surface area contributed by atoms with Gasteiger partial charge in [0, 0.05) is 0 Å². The molecular weight excluding hydrogens is 539 g/mol. The van der Waals surface area contributed by atoms with Crippen molar-refractivity contribution in [1.29, 1.82) is 0 Å². The van der Waals surface area contributed by atoms with Gasteiger partial charge in [0.15, 0.2) is 15.1 Å². The van der Waals surface area contributed by atoms with Crippen LogP contribution in [0.3, 0.4) is 0 Å². The van der Waals surface area contributed by atoms with Crippen LogP contribution in [0.2, 0.25) is 0 Å². The Kier molecular flexibility index (Phi) is 7.22. The van der Waals surface area contributed by atoms with Crippen LogP contribution >= 0.6 is 11.3 Å². The fraction of sp³-hybridized carbons (Fsp3) is 0.125. The van der Waals surface area contributed by atoms with Gasteiger partial charge in [0.1, 0.15) is 10.8 Å². The normalized spacial score (nSPS) is 13.6. The molecule has 13 heteroatoms. The minimum absolute atomic E-state index is 0.0444. The summed E-state index contributed by atoms with van der Waals surface area (Å²) in [6.07, 6.45) is 0. The van der Waals surface area contributed by atoms with Crippen molar-refractivity contribution >= 4 is 42.7 Å². The quantitative estimate of drug-likeness (QED) is 0.254. The molecule has 0 bridgehead atoms. The molecule has 0 aliphatic heterocycles. The van der Waals surface area contributed by atoms with Crippen LogP contribution in [-0.2, 0) is 33.4 Å². The van der Waals surface area contributed by atoms with Crippen LogP contribution < -0.4 is 4.72 Å². The molecule has 0 spiro atoms. The fourth-order valence-electron chi connectivity index (χ4n) is 3.75. The van der Waals surface area contributed by atoms with Crippen molar-refractivity contribution in [3.63, 3.8) is 0 Å². The molecule has 2 N–H and O–H groups in total. The van der Waals surface area contributed by atoms with Crippen LogP contribution in [0.5, 0.6) is 0 Å². The molecule has 190 valence electrons. The fourth-order valence-corrected chi connectivity index (χ4v) is 7.15. The minimum Gasteiger partial charge on any atom is -0.422 e. The summed E-state index contributed by atoms with van der Waals surface area (Å²) < 4.78 is 69.1. The second-order valence-corrected chi connectivity index (χ2v) is 12.0. The number of hydrogen-bond acceptors (Lipinski definition) is 8. The molecule has 0 saturated heterocycles. The van der Waals surface area contributed by atoms with Crippen molar-refractivity contribution in [3.05, 3.63) is 101 Å².